The normalized spacial score (nSPS) is 48.8. The number of aliphatic hydroxyl groups excluding tert-OH is 3. The fraction of sp³-hybridized carbons (Fsp3) is 1.00. The highest BCUT2D eigenvalue weighted by atomic mass is 16.7. The minimum atomic E-state index is -1.06. The van der Waals surface area contributed by atoms with Gasteiger partial charge >= 0.3 is 0 Å². The molecule has 3 N–H and O–H groups in total. The molecule has 2 rings (SSSR count). The first kappa shape index (κ1) is 12.3. The molecule has 5 nitrogen and oxygen atoms in total. The van der Waals surface area contributed by atoms with Crippen molar-refractivity contribution < 1.29 is 24.8 Å². The summed E-state index contributed by atoms with van der Waals surface area (Å²) in [4.78, 5) is 0. The van der Waals surface area contributed by atoms with Gasteiger partial charge in [0.25, 0.3) is 0 Å². The summed E-state index contributed by atoms with van der Waals surface area (Å²) in [5.41, 5.74) is 0. The van der Waals surface area contributed by atoms with Crippen molar-refractivity contribution in [2.45, 2.75) is 62.8 Å². The molecular weight excluding hydrogens is 212 g/mol. The topological polar surface area (TPSA) is 79.2 Å². The average molecular weight is 232 g/mol. The van der Waals surface area contributed by atoms with Crippen LogP contribution < -0.4 is 0 Å². The van der Waals surface area contributed by atoms with Gasteiger partial charge in [-0.15, -0.1) is 0 Å². The van der Waals surface area contributed by atoms with Crippen molar-refractivity contribution in [3.05, 3.63) is 0 Å². The summed E-state index contributed by atoms with van der Waals surface area (Å²) in [6.45, 7) is 1.94. The van der Waals surface area contributed by atoms with E-state index in [2.05, 4.69) is 0 Å². The van der Waals surface area contributed by atoms with E-state index < -0.39 is 18.0 Å². The first-order valence-corrected chi connectivity index (χ1v) is 5.90. The first-order chi connectivity index (χ1) is 7.57. The Morgan fingerprint density at radius 3 is 2.62 bits per heavy atom. The Labute approximate surface area is 95.0 Å². The Bertz CT molecular complexity index is 247. The highest BCUT2D eigenvalue weighted by Crippen LogP contribution is 2.41. The molecule has 2 saturated heterocycles. The fourth-order valence-electron chi connectivity index (χ4n) is 2.58. The van der Waals surface area contributed by atoms with Crippen LogP contribution >= 0.6 is 0 Å². The second-order valence-electron chi connectivity index (χ2n) is 4.78. The molecule has 5 atom stereocenters. The molecule has 2 fully saturated rings. The Hall–Kier alpha value is -0.200. The molecule has 0 amide bonds. The average Bonchev–Trinajstić information content (AvgIpc) is 2.58. The molecule has 0 unspecified atom stereocenters. The Morgan fingerprint density at radius 2 is 2.06 bits per heavy atom. The van der Waals surface area contributed by atoms with E-state index in [9.17, 15) is 10.2 Å². The maximum atomic E-state index is 9.97. The molecule has 0 aromatic heterocycles. The highest BCUT2D eigenvalue weighted by Gasteiger charge is 2.53. The van der Waals surface area contributed by atoms with Gasteiger partial charge in [-0.1, -0.05) is 0 Å². The summed E-state index contributed by atoms with van der Waals surface area (Å²) in [6.07, 6.45) is 0.181. The highest BCUT2D eigenvalue weighted by molar-refractivity contribution is 4.95. The van der Waals surface area contributed by atoms with Crippen LogP contribution in [0, 0.1) is 0 Å². The van der Waals surface area contributed by atoms with E-state index in [1.54, 1.807) is 0 Å². The number of rotatable bonds is 2. The summed E-state index contributed by atoms with van der Waals surface area (Å²) >= 11 is 0. The van der Waals surface area contributed by atoms with Gasteiger partial charge in [0.2, 0.25) is 0 Å². The van der Waals surface area contributed by atoms with Crippen molar-refractivity contribution in [2.75, 3.05) is 6.61 Å². The van der Waals surface area contributed by atoms with Crippen LogP contribution in [0.3, 0.4) is 0 Å². The van der Waals surface area contributed by atoms with Gasteiger partial charge in [0.15, 0.2) is 5.79 Å². The van der Waals surface area contributed by atoms with Gasteiger partial charge in [0, 0.05) is 19.4 Å². The van der Waals surface area contributed by atoms with Crippen LogP contribution in [-0.4, -0.2) is 52.1 Å². The lowest BCUT2D eigenvalue weighted by Crippen LogP contribution is -2.58. The Morgan fingerprint density at radius 1 is 1.31 bits per heavy atom. The van der Waals surface area contributed by atoms with Crippen molar-refractivity contribution in [1.82, 2.24) is 0 Å². The van der Waals surface area contributed by atoms with Crippen LogP contribution in [0.1, 0.15) is 32.6 Å². The number of ether oxygens (including phenoxy) is 2. The van der Waals surface area contributed by atoms with Crippen molar-refractivity contribution in [1.29, 1.82) is 0 Å². The van der Waals surface area contributed by atoms with Crippen LogP contribution in [0.2, 0.25) is 0 Å². The minimum Gasteiger partial charge on any atom is -0.396 e. The lowest BCUT2D eigenvalue weighted by atomic mass is 9.92. The number of hydrogen-bond donors (Lipinski definition) is 3. The third-order valence-corrected chi connectivity index (χ3v) is 3.44. The van der Waals surface area contributed by atoms with E-state index in [0.29, 0.717) is 19.3 Å². The lowest BCUT2D eigenvalue weighted by molar-refractivity contribution is -0.331. The molecule has 0 saturated carbocycles. The van der Waals surface area contributed by atoms with Crippen LogP contribution in [0.5, 0.6) is 0 Å². The lowest BCUT2D eigenvalue weighted by Gasteiger charge is -2.44. The molecule has 0 aromatic carbocycles. The van der Waals surface area contributed by atoms with Gasteiger partial charge in [-0.25, -0.2) is 0 Å². The van der Waals surface area contributed by atoms with Gasteiger partial charge in [0.1, 0.15) is 6.10 Å². The van der Waals surface area contributed by atoms with Crippen molar-refractivity contribution >= 4 is 0 Å². The predicted octanol–water partition coefficient (Wildman–Crippen LogP) is -0.225. The third kappa shape index (κ3) is 2.10. The summed E-state index contributed by atoms with van der Waals surface area (Å²) in [5.74, 6) is -1.06. The summed E-state index contributed by atoms with van der Waals surface area (Å²) in [5, 5.41) is 28.7. The Balaban J connectivity index is 2.09. The summed E-state index contributed by atoms with van der Waals surface area (Å²) in [7, 11) is 0. The molecule has 2 aliphatic heterocycles. The molecule has 1 spiro atoms. The molecule has 2 heterocycles. The standard InChI is InChI=1S/C11H20O5/c1-7-2-4-11(15-7)10(14)9(13)6-8(16-11)3-5-12/h7-10,12-14H,2-6H2,1H3/t7-,8+,9+,10-,11+/m0/s1. The third-order valence-electron chi connectivity index (χ3n) is 3.44. The van der Waals surface area contributed by atoms with Gasteiger partial charge in [0.05, 0.1) is 18.3 Å². The van der Waals surface area contributed by atoms with E-state index in [1.807, 2.05) is 6.92 Å². The Kier molecular flexibility index (Phi) is 3.51. The summed E-state index contributed by atoms with van der Waals surface area (Å²) < 4.78 is 11.4. The van der Waals surface area contributed by atoms with Crippen molar-refractivity contribution in [3.8, 4) is 0 Å². The number of hydrogen-bond acceptors (Lipinski definition) is 5. The molecule has 94 valence electrons. The molecule has 0 radical (unpaired) electrons. The molecular formula is C11H20O5. The van der Waals surface area contributed by atoms with E-state index in [4.69, 9.17) is 14.6 Å². The van der Waals surface area contributed by atoms with Crippen molar-refractivity contribution in [3.63, 3.8) is 0 Å². The van der Waals surface area contributed by atoms with E-state index >= 15 is 0 Å². The monoisotopic (exact) mass is 232 g/mol. The molecule has 0 bridgehead atoms. The quantitative estimate of drug-likeness (QED) is 0.613. The predicted molar refractivity (Wildman–Crippen MR) is 55.7 cm³/mol. The van der Waals surface area contributed by atoms with Crippen LogP contribution in [-0.2, 0) is 9.47 Å². The largest absolute Gasteiger partial charge is 0.396 e. The molecule has 0 aliphatic carbocycles. The zero-order valence-corrected chi connectivity index (χ0v) is 9.50. The van der Waals surface area contributed by atoms with Crippen molar-refractivity contribution in [2.24, 2.45) is 0 Å². The molecule has 2 aliphatic rings. The fourth-order valence-corrected chi connectivity index (χ4v) is 2.58. The van der Waals surface area contributed by atoms with Gasteiger partial charge in [-0.05, 0) is 19.8 Å². The van der Waals surface area contributed by atoms with E-state index in [-0.39, 0.29) is 18.8 Å². The van der Waals surface area contributed by atoms with E-state index in [0.717, 1.165) is 6.42 Å². The SMILES string of the molecule is C[C@H]1CC[C@]2(O[C@H](CCO)C[C@@H](O)[C@@H]2O)O1. The summed E-state index contributed by atoms with van der Waals surface area (Å²) in [6, 6.07) is 0. The van der Waals surface area contributed by atoms with Gasteiger partial charge in [-0.3, -0.25) is 0 Å². The molecule has 0 aromatic rings. The molecule has 5 heteroatoms. The van der Waals surface area contributed by atoms with E-state index in [1.165, 1.54) is 0 Å². The van der Waals surface area contributed by atoms with Gasteiger partial charge < -0.3 is 24.8 Å². The minimum absolute atomic E-state index is 0.0130. The maximum absolute atomic E-state index is 9.97. The zero-order chi connectivity index (χ0) is 11.8. The van der Waals surface area contributed by atoms with Gasteiger partial charge in [-0.2, -0.15) is 0 Å². The molecule has 16 heavy (non-hydrogen) atoms. The number of aliphatic hydroxyl groups is 3. The van der Waals surface area contributed by atoms with Crippen LogP contribution in [0.25, 0.3) is 0 Å². The van der Waals surface area contributed by atoms with Crippen LogP contribution in [0.4, 0.5) is 0 Å². The second kappa shape index (κ2) is 4.58. The maximum Gasteiger partial charge on any atom is 0.197 e. The zero-order valence-electron chi connectivity index (χ0n) is 9.50. The first-order valence-electron chi connectivity index (χ1n) is 5.90. The smallest absolute Gasteiger partial charge is 0.197 e. The van der Waals surface area contributed by atoms with Crippen LogP contribution in [0.15, 0.2) is 0 Å². The second-order valence-corrected chi connectivity index (χ2v) is 4.78.